The fourth-order valence-electron chi connectivity index (χ4n) is 2.83. The molecule has 1 aromatic rings. The Morgan fingerprint density at radius 1 is 1.42 bits per heavy atom. The second-order valence-corrected chi connectivity index (χ2v) is 6.62. The minimum absolute atomic E-state index is 0.0939. The molecule has 1 aliphatic rings. The smallest absolute Gasteiger partial charge is 0.251 e. The van der Waals surface area contributed by atoms with Gasteiger partial charge < -0.3 is 19.7 Å². The molecule has 144 valence electrons. The Kier molecular flexibility index (Phi) is 8.28. The number of hydrogen-bond donors (Lipinski definition) is 1. The van der Waals surface area contributed by atoms with Gasteiger partial charge in [-0.25, -0.2) is 4.98 Å². The number of anilines is 1. The van der Waals surface area contributed by atoms with Crippen LogP contribution in [0, 0.1) is 5.92 Å². The first-order valence-corrected chi connectivity index (χ1v) is 9.29. The first kappa shape index (κ1) is 20.6. The maximum Gasteiger partial charge on any atom is 0.251 e. The number of ether oxygens (including phenoxy) is 2. The average Bonchev–Trinajstić information content (AvgIpc) is 2.66. The molecular formula is C18H26ClN3O4. The number of halogens is 1. The van der Waals surface area contributed by atoms with E-state index in [9.17, 15) is 9.59 Å². The number of aromatic nitrogens is 1. The Morgan fingerprint density at radius 2 is 2.23 bits per heavy atom. The van der Waals surface area contributed by atoms with Gasteiger partial charge in [0.15, 0.2) is 0 Å². The highest BCUT2D eigenvalue weighted by Gasteiger charge is 2.30. The minimum Gasteiger partial charge on any atom is -0.379 e. The topological polar surface area (TPSA) is 80.8 Å². The summed E-state index contributed by atoms with van der Waals surface area (Å²) in [6.45, 7) is 6.13. The lowest BCUT2D eigenvalue weighted by atomic mass is 9.96. The fourth-order valence-corrected chi connectivity index (χ4v) is 2.94. The lowest BCUT2D eigenvalue weighted by molar-refractivity contribution is -0.146. The number of carbonyl (C=O) groups is 2. The van der Waals surface area contributed by atoms with E-state index in [0.29, 0.717) is 43.8 Å². The Balaban J connectivity index is 1.84. The van der Waals surface area contributed by atoms with Crippen molar-refractivity contribution in [1.29, 1.82) is 0 Å². The summed E-state index contributed by atoms with van der Waals surface area (Å²) in [4.78, 5) is 30.8. The van der Waals surface area contributed by atoms with Gasteiger partial charge in [0, 0.05) is 25.9 Å². The molecular weight excluding hydrogens is 358 g/mol. The van der Waals surface area contributed by atoms with E-state index >= 15 is 0 Å². The molecule has 2 atom stereocenters. The monoisotopic (exact) mass is 383 g/mol. The number of pyridine rings is 1. The molecule has 2 unspecified atom stereocenters. The predicted molar refractivity (Wildman–Crippen MR) is 99.1 cm³/mol. The van der Waals surface area contributed by atoms with Crippen molar-refractivity contribution in [1.82, 2.24) is 9.88 Å². The van der Waals surface area contributed by atoms with Gasteiger partial charge in [-0.05, 0) is 38.8 Å². The lowest BCUT2D eigenvalue weighted by Gasteiger charge is -2.33. The maximum absolute atomic E-state index is 12.5. The third-order valence-corrected chi connectivity index (χ3v) is 4.45. The Bertz CT molecular complexity index is 597. The zero-order chi connectivity index (χ0) is 18.9. The molecule has 1 fully saturated rings. The van der Waals surface area contributed by atoms with Crippen LogP contribution in [-0.2, 0) is 19.1 Å². The number of likely N-dealkylation sites (tertiary alicyclic amines) is 1. The maximum atomic E-state index is 12.5. The van der Waals surface area contributed by atoms with Gasteiger partial charge in [-0.3, -0.25) is 9.59 Å². The largest absolute Gasteiger partial charge is 0.379 e. The molecule has 0 aromatic carbocycles. The van der Waals surface area contributed by atoms with Gasteiger partial charge in [0.25, 0.3) is 5.91 Å². The van der Waals surface area contributed by atoms with Crippen molar-refractivity contribution in [3.63, 3.8) is 0 Å². The highest BCUT2D eigenvalue weighted by Crippen LogP contribution is 2.20. The van der Waals surface area contributed by atoms with E-state index in [0.717, 1.165) is 12.8 Å². The molecule has 0 bridgehead atoms. The van der Waals surface area contributed by atoms with Crippen LogP contribution in [0.1, 0.15) is 26.7 Å². The minimum atomic E-state index is -0.546. The molecule has 0 saturated carbocycles. The van der Waals surface area contributed by atoms with E-state index in [4.69, 9.17) is 21.1 Å². The van der Waals surface area contributed by atoms with Crippen LogP contribution >= 0.6 is 11.6 Å². The van der Waals surface area contributed by atoms with E-state index in [1.807, 2.05) is 6.92 Å². The Hall–Kier alpha value is -1.70. The second kappa shape index (κ2) is 10.4. The van der Waals surface area contributed by atoms with Crippen LogP contribution in [0.3, 0.4) is 0 Å². The highest BCUT2D eigenvalue weighted by molar-refractivity contribution is 6.30. The molecule has 2 rings (SSSR count). The van der Waals surface area contributed by atoms with Gasteiger partial charge in [0.1, 0.15) is 11.9 Å². The summed E-state index contributed by atoms with van der Waals surface area (Å²) < 4.78 is 10.7. The Morgan fingerprint density at radius 3 is 2.92 bits per heavy atom. The molecule has 7 nitrogen and oxygen atoms in total. The van der Waals surface area contributed by atoms with Crippen LogP contribution in [0.15, 0.2) is 18.3 Å². The van der Waals surface area contributed by atoms with Crippen molar-refractivity contribution in [2.24, 2.45) is 5.92 Å². The van der Waals surface area contributed by atoms with Gasteiger partial charge in [0.2, 0.25) is 5.91 Å². The van der Waals surface area contributed by atoms with E-state index in [1.165, 1.54) is 6.20 Å². The molecule has 8 heteroatoms. The van der Waals surface area contributed by atoms with Crippen LogP contribution in [0.5, 0.6) is 0 Å². The SMILES string of the molecule is CCOCCOC(C)C(=O)N1CCCC(C(=O)Nc2ccc(Cl)cn2)C1. The first-order chi connectivity index (χ1) is 12.5. The summed E-state index contributed by atoms with van der Waals surface area (Å²) in [7, 11) is 0. The van der Waals surface area contributed by atoms with Crippen molar-refractivity contribution in [2.45, 2.75) is 32.8 Å². The van der Waals surface area contributed by atoms with Crippen LogP contribution in [0.25, 0.3) is 0 Å². The first-order valence-electron chi connectivity index (χ1n) is 8.91. The lowest BCUT2D eigenvalue weighted by Crippen LogP contribution is -2.47. The number of rotatable bonds is 8. The summed E-state index contributed by atoms with van der Waals surface area (Å²) >= 11 is 5.80. The number of hydrogen-bond acceptors (Lipinski definition) is 5. The molecule has 26 heavy (non-hydrogen) atoms. The molecule has 1 N–H and O–H groups in total. The molecule has 0 spiro atoms. The highest BCUT2D eigenvalue weighted by atomic mass is 35.5. The van der Waals surface area contributed by atoms with Crippen LogP contribution < -0.4 is 5.32 Å². The van der Waals surface area contributed by atoms with E-state index in [-0.39, 0.29) is 17.7 Å². The zero-order valence-corrected chi connectivity index (χ0v) is 16.0. The van der Waals surface area contributed by atoms with Gasteiger partial charge in [-0.1, -0.05) is 11.6 Å². The van der Waals surface area contributed by atoms with E-state index in [1.54, 1.807) is 24.0 Å². The molecule has 1 saturated heterocycles. The quantitative estimate of drug-likeness (QED) is 0.697. The van der Waals surface area contributed by atoms with Gasteiger partial charge in [-0.2, -0.15) is 0 Å². The van der Waals surface area contributed by atoms with Crippen molar-refractivity contribution >= 4 is 29.2 Å². The van der Waals surface area contributed by atoms with Crippen LogP contribution in [0.2, 0.25) is 5.02 Å². The second-order valence-electron chi connectivity index (χ2n) is 6.18. The fraction of sp³-hybridized carbons (Fsp3) is 0.611. The molecule has 0 radical (unpaired) electrons. The number of nitrogens with zero attached hydrogens (tertiary/aromatic N) is 2. The molecule has 0 aliphatic carbocycles. The van der Waals surface area contributed by atoms with Gasteiger partial charge in [-0.15, -0.1) is 0 Å². The zero-order valence-electron chi connectivity index (χ0n) is 15.2. The van der Waals surface area contributed by atoms with Crippen molar-refractivity contribution < 1.29 is 19.1 Å². The summed E-state index contributed by atoms with van der Waals surface area (Å²) in [5.41, 5.74) is 0. The van der Waals surface area contributed by atoms with E-state index in [2.05, 4.69) is 10.3 Å². The van der Waals surface area contributed by atoms with E-state index < -0.39 is 6.10 Å². The number of amides is 2. The van der Waals surface area contributed by atoms with Crippen molar-refractivity contribution in [2.75, 3.05) is 38.2 Å². The molecule has 2 amide bonds. The number of nitrogens with one attached hydrogen (secondary N) is 1. The van der Waals surface area contributed by atoms with Gasteiger partial charge >= 0.3 is 0 Å². The summed E-state index contributed by atoms with van der Waals surface area (Å²) in [5.74, 6) is -0.0397. The number of piperidine rings is 1. The molecule has 1 aromatic heterocycles. The third-order valence-electron chi connectivity index (χ3n) is 4.23. The molecule has 1 aliphatic heterocycles. The summed E-state index contributed by atoms with van der Waals surface area (Å²) in [6.07, 6.45) is 2.46. The summed E-state index contributed by atoms with van der Waals surface area (Å²) in [5, 5.41) is 3.29. The van der Waals surface area contributed by atoms with Crippen molar-refractivity contribution in [3.05, 3.63) is 23.4 Å². The number of carbonyl (C=O) groups excluding carboxylic acids is 2. The van der Waals surface area contributed by atoms with Gasteiger partial charge in [0.05, 0.1) is 24.2 Å². The summed E-state index contributed by atoms with van der Waals surface area (Å²) in [6, 6.07) is 3.32. The Labute approximate surface area is 159 Å². The standard InChI is InChI=1S/C18H26ClN3O4/c1-3-25-9-10-26-13(2)18(24)22-8-4-5-14(12-22)17(23)21-16-7-6-15(19)11-20-16/h6-7,11,13-14H,3-5,8-10,12H2,1-2H3,(H,20,21,23). The average molecular weight is 384 g/mol. The van der Waals surface area contributed by atoms with Crippen molar-refractivity contribution in [3.8, 4) is 0 Å². The van der Waals surface area contributed by atoms with Crippen LogP contribution in [-0.4, -0.2) is 60.7 Å². The normalized spacial score (nSPS) is 18.4. The third kappa shape index (κ3) is 6.23. The van der Waals surface area contributed by atoms with Crippen LogP contribution in [0.4, 0.5) is 5.82 Å². The predicted octanol–water partition coefficient (Wildman–Crippen LogP) is 2.35. The molecule has 2 heterocycles.